The summed E-state index contributed by atoms with van der Waals surface area (Å²) in [7, 11) is 1.24. The SMILES string of the molecule is CO[14C](=O)C(O)c1ccccc1. The maximum Gasteiger partial charge on any atom is 0.339 e. The molecule has 0 aliphatic heterocycles. The van der Waals surface area contributed by atoms with E-state index in [1.165, 1.54) is 7.11 Å². The van der Waals surface area contributed by atoms with Crippen LogP contribution in [0.1, 0.15) is 11.7 Å². The van der Waals surface area contributed by atoms with Crippen LogP contribution in [0.2, 0.25) is 0 Å². The zero-order valence-corrected chi connectivity index (χ0v) is 6.73. The van der Waals surface area contributed by atoms with E-state index in [-0.39, 0.29) is 0 Å². The summed E-state index contributed by atoms with van der Waals surface area (Å²) in [6, 6.07) is 8.65. The van der Waals surface area contributed by atoms with Gasteiger partial charge < -0.3 is 9.84 Å². The highest BCUT2D eigenvalue weighted by Gasteiger charge is 2.16. The van der Waals surface area contributed by atoms with Gasteiger partial charge in [-0.15, -0.1) is 0 Å². The Morgan fingerprint density at radius 1 is 1.42 bits per heavy atom. The zero-order chi connectivity index (χ0) is 8.97. The van der Waals surface area contributed by atoms with Crippen LogP contribution in [0, 0.1) is 0 Å². The average Bonchev–Trinajstić information content (AvgIpc) is 2.17. The molecule has 0 aliphatic carbocycles. The highest BCUT2D eigenvalue weighted by molar-refractivity contribution is 5.75. The van der Waals surface area contributed by atoms with Gasteiger partial charge in [0.1, 0.15) is 0 Å². The number of aliphatic hydroxyl groups is 1. The summed E-state index contributed by atoms with van der Waals surface area (Å²) < 4.78 is 4.38. The van der Waals surface area contributed by atoms with Crippen molar-refractivity contribution in [3.63, 3.8) is 0 Å². The number of ether oxygens (including phenoxy) is 1. The highest BCUT2D eigenvalue weighted by atomic mass is 16.8. The van der Waals surface area contributed by atoms with Crippen LogP contribution in [0.3, 0.4) is 0 Å². The van der Waals surface area contributed by atoms with E-state index in [9.17, 15) is 9.90 Å². The van der Waals surface area contributed by atoms with Crippen molar-refractivity contribution in [2.75, 3.05) is 7.11 Å². The van der Waals surface area contributed by atoms with Crippen molar-refractivity contribution in [3.05, 3.63) is 35.9 Å². The molecule has 0 saturated heterocycles. The van der Waals surface area contributed by atoms with Gasteiger partial charge in [0.15, 0.2) is 6.10 Å². The van der Waals surface area contributed by atoms with Crippen LogP contribution in [0.4, 0.5) is 0 Å². The molecule has 0 aromatic heterocycles. The largest absolute Gasteiger partial charge is 0.467 e. The fourth-order valence-corrected chi connectivity index (χ4v) is 0.883. The number of carbonyl (C=O) groups excluding carboxylic acids is 1. The molecule has 0 saturated carbocycles. The van der Waals surface area contributed by atoms with Crippen LogP contribution in [-0.2, 0) is 9.53 Å². The molecule has 0 amide bonds. The van der Waals surface area contributed by atoms with Crippen LogP contribution in [0.5, 0.6) is 0 Å². The van der Waals surface area contributed by atoms with E-state index in [1.54, 1.807) is 24.3 Å². The molecule has 1 rings (SSSR count). The fourth-order valence-electron chi connectivity index (χ4n) is 0.883. The summed E-state index contributed by atoms with van der Waals surface area (Å²) in [5, 5.41) is 9.31. The first-order chi connectivity index (χ1) is 5.75. The lowest BCUT2D eigenvalue weighted by atomic mass is 10.2. The molecule has 0 heterocycles. The van der Waals surface area contributed by atoms with Crippen LogP contribution >= 0.6 is 0 Å². The summed E-state index contributed by atoms with van der Waals surface area (Å²) in [4.78, 5) is 10.8. The van der Waals surface area contributed by atoms with Crippen molar-refractivity contribution >= 4 is 5.97 Å². The Bertz CT molecular complexity index is 256. The molecule has 3 heteroatoms. The zero-order valence-electron chi connectivity index (χ0n) is 6.73. The van der Waals surface area contributed by atoms with E-state index in [0.29, 0.717) is 5.56 Å². The van der Waals surface area contributed by atoms with Crippen molar-refractivity contribution < 1.29 is 14.6 Å². The van der Waals surface area contributed by atoms with Gasteiger partial charge in [-0.1, -0.05) is 30.3 Å². The van der Waals surface area contributed by atoms with Gasteiger partial charge in [0.25, 0.3) is 0 Å². The standard InChI is InChI=1S/C9H10O3/c1-12-9(11)8(10)7-5-3-2-4-6-7/h2-6,8,10H,1H3/i9+2. The maximum atomic E-state index is 10.8. The molecule has 0 radical (unpaired) electrons. The van der Waals surface area contributed by atoms with Crippen LogP contribution in [-0.4, -0.2) is 18.2 Å². The number of hydrogen-bond acceptors (Lipinski definition) is 3. The number of esters is 1. The Morgan fingerprint density at radius 2 is 2.00 bits per heavy atom. The quantitative estimate of drug-likeness (QED) is 0.667. The third-order valence-electron chi connectivity index (χ3n) is 1.54. The first-order valence-electron chi connectivity index (χ1n) is 3.56. The second-order valence-electron chi connectivity index (χ2n) is 2.34. The molecule has 0 spiro atoms. The van der Waals surface area contributed by atoms with Gasteiger partial charge in [0, 0.05) is 0 Å². The van der Waals surface area contributed by atoms with Gasteiger partial charge in [-0.25, -0.2) is 4.79 Å². The topological polar surface area (TPSA) is 46.5 Å². The third kappa shape index (κ3) is 1.83. The van der Waals surface area contributed by atoms with E-state index in [4.69, 9.17) is 0 Å². The highest BCUT2D eigenvalue weighted by Crippen LogP contribution is 2.12. The second kappa shape index (κ2) is 3.88. The molecule has 1 aromatic rings. The smallest absolute Gasteiger partial charge is 0.339 e. The van der Waals surface area contributed by atoms with E-state index in [2.05, 4.69) is 4.74 Å². The number of benzene rings is 1. The molecule has 1 atom stereocenters. The summed E-state index contributed by atoms with van der Waals surface area (Å²) in [6.07, 6.45) is -1.17. The molecule has 3 nitrogen and oxygen atoms in total. The van der Waals surface area contributed by atoms with Crippen molar-refractivity contribution in [2.24, 2.45) is 0 Å². The van der Waals surface area contributed by atoms with E-state index in [0.717, 1.165) is 0 Å². The lowest BCUT2D eigenvalue weighted by molar-refractivity contribution is -0.150. The number of aliphatic hydroxyl groups excluding tert-OH is 1. The van der Waals surface area contributed by atoms with Gasteiger partial charge >= 0.3 is 5.97 Å². The third-order valence-corrected chi connectivity index (χ3v) is 1.54. The molecular weight excluding hydrogens is 158 g/mol. The average molecular weight is 168 g/mol. The fraction of sp³-hybridized carbons (Fsp3) is 0.222. The molecule has 64 valence electrons. The van der Waals surface area contributed by atoms with Gasteiger partial charge in [-0.2, -0.15) is 0 Å². The number of methoxy groups -OCH3 is 1. The number of rotatable bonds is 2. The van der Waals surface area contributed by atoms with E-state index < -0.39 is 12.1 Å². The van der Waals surface area contributed by atoms with Crippen molar-refractivity contribution in [2.45, 2.75) is 6.10 Å². The molecule has 12 heavy (non-hydrogen) atoms. The van der Waals surface area contributed by atoms with E-state index in [1.807, 2.05) is 6.07 Å². The minimum Gasteiger partial charge on any atom is -0.467 e. The van der Waals surface area contributed by atoms with Gasteiger partial charge in [0.2, 0.25) is 0 Å². The minimum atomic E-state index is -1.17. The molecule has 1 unspecified atom stereocenters. The molecular formula is C9H10O3. The van der Waals surface area contributed by atoms with Crippen molar-refractivity contribution in [3.8, 4) is 0 Å². The van der Waals surface area contributed by atoms with Crippen molar-refractivity contribution in [1.82, 2.24) is 0 Å². The van der Waals surface area contributed by atoms with Crippen LogP contribution < -0.4 is 0 Å². The summed E-state index contributed by atoms with van der Waals surface area (Å²) >= 11 is 0. The Balaban J connectivity index is 2.78. The first-order valence-corrected chi connectivity index (χ1v) is 3.56. The second-order valence-corrected chi connectivity index (χ2v) is 2.34. The van der Waals surface area contributed by atoms with Crippen LogP contribution in [0.15, 0.2) is 30.3 Å². The number of hydrogen-bond donors (Lipinski definition) is 1. The van der Waals surface area contributed by atoms with Gasteiger partial charge in [-0.05, 0) is 5.56 Å². The van der Waals surface area contributed by atoms with Crippen molar-refractivity contribution in [1.29, 1.82) is 0 Å². The Kier molecular flexibility index (Phi) is 2.82. The summed E-state index contributed by atoms with van der Waals surface area (Å²) in [6.45, 7) is 0. The Labute approximate surface area is 70.6 Å². The lowest BCUT2D eigenvalue weighted by Crippen LogP contribution is -2.13. The minimum absolute atomic E-state index is 0.546. The summed E-state index contributed by atoms with van der Waals surface area (Å²) in [5.74, 6) is -0.638. The maximum absolute atomic E-state index is 10.8. The van der Waals surface area contributed by atoms with Gasteiger partial charge in [0.05, 0.1) is 7.11 Å². The Hall–Kier alpha value is -1.35. The molecule has 1 N–H and O–H groups in total. The first kappa shape index (κ1) is 8.74. The lowest BCUT2D eigenvalue weighted by Gasteiger charge is -2.07. The molecule has 0 fully saturated rings. The molecule has 1 aromatic carbocycles. The predicted octanol–water partition coefficient (Wildman–Crippen LogP) is 0.893. The number of carbonyl (C=O) groups is 1. The van der Waals surface area contributed by atoms with E-state index >= 15 is 0 Å². The predicted molar refractivity (Wildman–Crippen MR) is 43.4 cm³/mol. The van der Waals surface area contributed by atoms with Gasteiger partial charge in [-0.3, -0.25) is 0 Å². The van der Waals surface area contributed by atoms with Crippen LogP contribution in [0.25, 0.3) is 0 Å². The normalized spacial score (nSPS) is 12.2. The molecule has 0 bridgehead atoms. The summed E-state index contributed by atoms with van der Waals surface area (Å²) in [5.41, 5.74) is 0.546. The Morgan fingerprint density at radius 3 is 2.50 bits per heavy atom. The molecule has 0 aliphatic rings. The monoisotopic (exact) mass is 168 g/mol.